The fraction of sp³-hybridized carbons (Fsp3) is 0.412. The summed E-state index contributed by atoms with van der Waals surface area (Å²) < 4.78 is 5.90. The number of nitrogens with zero attached hydrogens (tertiary/aromatic N) is 3. The van der Waals surface area contributed by atoms with E-state index < -0.39 is 0 Å². The molecule has 110 valence electrons. The van der Waals surface area contributed by atoms with E-state index in [1.807, 2.05) is 12.3 Å². The summed E-state index contributed by atoms with van der Waals surface area (Å²) in [7, 11) is 0. The van der Waals surface area contributed by atoms with Crippen LogP contribution in [0.15, 0.2) is 36.8 Å². The Labute approximate surface area is 125 Å². The first-order chi connectivity index (χ1) is 10.2. The van der Waals surface area contributed by atoms with E-state index in [2.05, 4.69) is 46.9 Å². The van der Waals surface area contributed by atoms with Crippen molar-refractivity contribution in [2.24, 2.45) is 0 Å². The molecule has 0 unspecified atom stereocenters. The Kier molecular flexibility index (Phi) is 4.15. The average Bonchev–Trinajstić information content (AvgIpc) is 2.49. The molecule has 0 bridgehead atoms. The van der Waals surface area contributed by atoms with Gasteiger partial charge in [-0.2, -0.15) is 0 Å². The normalized spacial score (nSPS) is 15.0. The van der Waals surface area contributed by atoms with Gasteiger partial charge in [-0.3, -0.25) is 4.90 Å². The minimum absolute atomic E-state index is 0.195. The molecule has 0 saturated carbocycles. The highest BCUT2D eigenvalue weighted by atomic mass is 16.5. The Morgan fingerprint density at radius 3 is 3.00 bits per heavy atom. The van der Waals surface area contributed by atoms with Crippen molar-refractivity contribution < 1.29 is 4.74 Å². The molecule has 3 rings (SSSR count). The SMILES string of the molecule is CC(C)Oc1ccccc1CN1CCc2cncnc2C1. The molecule has 0 N–H and O–H groups in total. The van der Waals surface area contributed by atoms with E-state index >= 15 is 0 Å². The van der Waals surface area contributed by atoms with Crippen LogP contribution in [0.25, 0.3) is 0 Å². The van der Waals surface area contributed by atoms with Crippen LogP contribution in [-0.2, 0) is 19.5 Å². The van der Waals surface area contributed by atoms with E-state index in [9.17, 15) is 0 Å². The molecular weight excluding hydrogens is 262 g/mol. The topological polar surface area (TPSA) is 38.2 Å². The van der Waals surface area contributed by atoms with Crippen LogP contribution in [0.5, 0.6) is 5.75 Å². The first-order valence-electron chi connectivity index (χ1n) is 7.47. The van der Waals surface area contributed by atoms with Gasteiger partial charge in [-0.15, -0.1) is 0 Å². The van der Waals surface area contributed by atoms with E-state index in [0.717, 1.165) is 37.5 Å². The lowest BCUT2D eigenvalue weighted by Gasteiger charge is -2.28. The van der Waals surface area contributed by atoms with Gasteiger partial charge in [0.2, 0.25) is 0 Å². The number of hydrogen-bond donors (Lipinski definition) is 0. The second-order valence-corrected chi connectivity index (χ2v) is 5.73. The Bertz CT molecular complexity index is 612. The summed E-state index contributed by atoms with van der Waals surface area (Å²) in [5, 5.41) is 0. The van der Waals surface area contributed by atoms with Gasteiger partial charge in [-0.05, 0) is 31.9 Å². The fourth-order valence-electron chi connectivity index (χ4n) is 2.68. The summed E-state index contributed by atoms with van der Waals surface area (Å²) >= 11 is 0. The summed E-state index contributed by atoms with van der Waals surface area (Å²) in [6, 6.07) is 8.30. The van der Waals surface area contributed by atoms with Crippen molar-refractivity contribution in [2.75, 3.05) is 6.54 Å². The lowest BCUT2D eigenvalue weighted by atomic mass is 10.1. The van der Waals surface area contributed by atoms with Crippen molar-refractivity contribution in [3.8, 4) is 5.75 Å². The smallest absolute Gasteiger partial charge is 0.124 e. The van der Waals surface area contributed by atoms with Gasteiger partial charge in [-0.1, -0.05) is 18.2 Å². The van der Waals surface area contributed by atoms with Crippen molar-refractivity contribution >= 4 is 0 Å². The van der Waals surface area contributed by atoms with E-state index in [0.29, 0.717) is 0 Å². The molecule has 1 aliphatic rings. The van der Waals surface area contributed by atoms with Crippen molar-refractivity contribution in [1.82, 2.24) is 14.9 Å². The third-order valence-electron chi connectivity index (χ3n) is 3.68. The summed E-state index contributed by atoms with van der Waals surface area (Å²) in [5.41, 5.74) is 3.67. The van der Waals surface area contributed by atoms with Gasteiger partial charge in [-0.25, -0.2) is 9.97 Å². The fourth-order valence-corrected chi connectivity index (χ4v) is 2.68. The van der Waals surface area contributed by atoms with E-state index in [4.69, 9.17) is 4.74 Å². The maximum absolute atomic E-state index is 5.90. The Morgan fingerprint density at radius 2 is 2.14 bits per heavy atom. The number of fused-ring (bicyclic) bond motifs is 1. The largest absolute Gasteiger partial charge is 0.491 e. The monoisotopic (exact) mass is 283 g/mol. The first-order valence-corrected chi connectivity index (χ1v) is 7.47. The maximum Gasteiger partial charge on any atom is 0.124 e. The van der Waals surface area contributed by atoms with E-state index in [1.165, 1.54) is 11.1 Å². The molecule has 2 aromatic rings. The molecule has 1 aromatic heterocycles. The zero-order valence-electron chi connectivity index (χ0n) is 12.6. The standard InChI is InChI=1S/C17H21N3O/c1-13(2)21-17-6-4-3-5-15(17)10-20-8-7-14-9-18-12-19-16(14)11-20/h3-6,9,12-13H,7-8,10-11H2,1-2H3. The molecule has 1 aromatic carbocycles. The zero-order valence-corrected chi connectivity index (χ0v) is 12.6. The van der Waals surface area contributed by atoms with Crippen LogP contribution < -0.4 is 4.74 Å². The van der Waals surface area contributed by atoms with Crippen LogP contribution >= 0.6 is 0 Å². The summed E-state index contributed by atoms with van der Waals surface area (Å²) in [4.78, 5) is 10.9. The number of hydrogen-bond acceptors (Lipinski definition) is 4. The van der Waals surface area contributed by atoms with Crippen molar-refractivity contribution in [3.63, 3.8) is 0 Å². The van der Waals surface area contributed by atoms with Gasteiger partial charge >= 0.3 is 0 Å². The predicted molar refractivity (Wildman–Crippen MR) is 82.1 cm³/mol. The molecule has 0 atom stereocenters. The van der Waals surface area contributed by atoms with Crippen LogP contribution in [-0.4, -0.2) is 27.5 Å². The molecular formula is C17H21N3O. The number of ether oxygens (including phenoxy) is 1. The summed E-state index contributed by atoms with van der Waals surface area (Å²) in [6.07, 6.45) is 4.79. The van der Waals surface area contributed by atoms with Gasteiger partial charge in [0, 0.05) is 31.4 Å². The quantitative estimate of drug-likeness (QED) is 0.865. The molecule has 4 heteroatoms. The number of para-hydroxylation sites is 1. The Morgan fingerprint density at radius 1 is 1.29 bits per heavy atom. The van der Waals surface area contributed by atoms with Gasteiger partial charge in [0.05, 0.1) is 11.8 Å². The minimum Gasteiger partial charge on any atom is -0.491 e. The van der Waals surface area contributed by atoms with E-state index in [1.54, 1.807) is 6.33 Å². The second kappa shape index (κ2) is 6.22. The highest BCUT2D eigenvalue weighted by Gasteiger charge is 2.18. The van der Waals surface area contributed by atoms with Crippen LogP contribution in [0, 0.1) is 0 Å². The van der Waals surface area contributed by atoms with Gasteiger partial charge < -0.3 is 4.74 Å². The summed E-state index contributed by atoms with van der Waals surface area (Å²) in [5.74, 6) is 0.987. The molecule has 0 amide bonds. The maximum atomic E-state index is 5.90. The molecule has 2 heterocycles. The highest BCUT2D eigenvalue weighted by Crippen LogP contribution is 2.24. The molecule has 0 saturated heterocycles. The summed E-state index contributed by atoms with van der Waals surface area (Å²) in [6.45, 7) is 6.94. The molecule has 0 aliphatic carbocycles. The van der Waals surface area contributed by atoms with Crippen LogP contribution in [0.3, 0.4) is 0 Å². The number of benzene rings is 1. The van der Waals surface area contributed by atoms with Crippen molar-refractivity contribution in [3.05, 3.63) is 53.6 Å². The predicted octanol–water partition coefficient (Wildman–Crippen LogP) is 2.82. The number of aromatic nitrogens is 2. The van der Waals surface area contributed by atoms with Gasteiger partial charge in [0.1, 0.15) is 12.1 Å². The number of rotatable bonds is 4. The molecule has 21 heavy (non-hydrogen) atoms. The lowest BCUT2D eigenvalue weighted by molar-refractivity contribution is 0.217. The molecule has 0 fully saturated rings. The van der Waals surface area contributed by atoms with Crippen LogP contribution in [0.4, 0.5) is 0 Å². The minimum atomic E-state index is 0.195. The molecule has 4 nitrogen and oxygen atoms in total. The first kappa shape index (κ1) is 14.0. The highest BCUT2D eigenvalue weighted by molar-refractivity contribution is 5.33. The van der Waals surface area contributed by atoms with Crippen molar-refractivity contribution in [1.29, 1.82) is 0 Å². The van der Waals surface area contributed by atoms with Crippen LogP contribution in [0.2, 0.25) is 0 Å². The Balaban J connectivity index is 1.73. The third kappa shape index (κ3) is 3.39. The lowest BCUT2D eigenvalue weighted by Crippen LogP contribution is -2.31. The molecule has 0 spiro atoms. The van der Waals surface area contributed by atoms with E-state index in [-0.39, 0.29) is 6.10 Å². The van der Waals surface area contributed by atoms with Gasteiger partial charge in [0.25, 0.3) is 0 Å². The van der Waals surface area contributed by atoms with Crippen LogP contribution in [0.1, 0.15) is 30.7 Å². The molecule has 1 aliphatic heterocycles. The average molecular weight is 283 g/mol. The van der Waals surface area contributed by atoms with Crippen molar-refractivity contribution in [2.45, 2.75) is 39.5 Å². The molecule has 0 radical (unpaired) electrons. The zero-order chi connectivity index (χ0) is 14.7. The third-order valence-corrected chi connectivity index (χ3v) is 3.68. The Hall–Kier alpha value is -1.94. The van der Waals surface area contributed by atoms with Gasteiger partial charge in [0.15, 0.2) is 0 Å². The second-order valence-electron chi connectivity index (χ2n) is 5.73.